The molecule has 4 nitrogen and oxygen atoms in total. The molecule has 0 radical (unpaired) electrons. The Morgan fingerprint density at radius 2 is 2.24 bits per heavy atom. The van der Waals surface area contributed by atoms with E-state index in [1.54, 1.807) is 6.07 Å². The highest BCUT2D eigenvalue weighted by Gasteiger charge is 2.32. The Kier molecular flexibility index (Phi) is 3.99. The molecule has 1 aliphatic heterocycles. The van der Waals surface area contributed by atoms with Crippen molar-refractivity contribution >= 4 is 17.6 Å². The molecule has 2 atom stereocenters. The molecule has 17 heavy (non-hydrogen) atoms. The Morgan fingerprint density at radius 1 is 1.47 bits per heavy atom. The van der Waals surface area contributed by atoms with Gasteiger partial charge in [0.15, 0.2) is 0 Å². The van der Waals surface area contributed by atoms with Gasteiger partial charge < -0.3 is 15.2 Å². The fourth-order valence-electron chi connectivity index (χ4n) is 1.69. The summed E-state index contributed by atoms with van der Waals surface area (Å²) in [5.41, 5.74) is 6.51. The van der Waals surface area contributed by atoms with Crippen molar-refractivity contribution in [3.8, 4) is 0 Å². The van der Waals surface area contributed by atoms with Crippen LogP contribution in [0.5, 0.6) is 0 Å². The molecule has 2 unspecified atom stereocenters. The Labute approximate surface area is 105 Å². The largest absolute Gasteiger partial charge is 0.460 e. The number of benzene rings is 1. The van der Waals surface area contributed by atoms with Gasteiger partial charge >= 0.3 is 5.97 Å². The van der Waals surface area contributed by atoms with Crippen LogP contribution in [0.15, 0.2) is 24.3 Å². The highest BCUT2D eigenvalue weighted by Crippen LogP contribution is 2.18. The molecular weight excluding hydrogens is 242 g/mol. The van der Waals surface area contributed by atoms with Gasteiger partial charge in [0.25, 0.3) is 0 Å². The number of carbonyl (C=O) groups excluding carboxylic acids is 1. The zero-order valence-electron chi connectivity index (χ0n) is 9.27. The van der Waals surface area contributed by atoms with Gasteiger partial charge in [-0.3, -0.25) is 4.79 Å². The van der Waals surface area contributed by atoms with Crippen molar-refractivity contribution in [2.24, 2.45) is 11.7 Å². The van der Waals surface area contributed by atoms with Crippen molar-refractivity contribution in [3.05, 3.63) is 34.9 Å². The maximum atomic E-state index is 11.7. The topological polar surface area (TPSA) is 61.5 Å². The van der Waals surface area contributed by atoms with Gasteiger partial charge in [0.1, 0.15) is 6.61 Å². The van der Waals surface area contributed by atoms with Crippen LogP contribution in [0.25, 0.3) is 0 Å². The van der Waals surface area contributed by atoms with Crippen molar-refractivity contribution in [2.45, 2.75) is 12.6 Å². The lowest BCUT2D eigenvalue weighted by Gasteiger charge is -2.12. The SMILES string of the molecule is NC1COCC1C(=O)OCc1ccccc1Cl. The Hall–Kier alpha value is -1.10. The number of hydrogen-bond acceptors (Lipinski definition) is 4. The monoisotopic (exact) mass is 255 g/mol. The van der Waals surface area contributed by atoms with E-state index in [1.807, 2.05) is 18.2 Å². The van der Waals surface area contributed by atoms with Crippen LogP contribution in [0, 0.1) is 5.92 Å². The third kappa shape index (κ3) is 2.97. The first-order valence-corrected chi connectivity index (χ1v) is 5.79. The maximum absolute atomic E-state index is 11.7. The van der Waals surface area contributed by atoms with Gasteiger partial charge in [-0.2, -0.15) is 0 Å². The maximum Gasteiger partial charge on any atom is 0.313 e. The number of esters is 1. The first-order chi connectivity index (χ1) is 8.18. The van der Waals surface area contributed by atoms with Crippen LogP contribution in [0.1, 0.15) is 5.56 Å². The van der Waals surface area contributed by atoms with Crippen LogP contribution in [-0.2, 0) is 20.9 Å². The third-order valence-electron chi connectivity index (χ3n) is 2.76. The molecule has 0 spiro atoms. The van der Waals surface area contributed by atoms with Crippen LogP contribution in [0.2, 0.25) is 5.02 Å². The highest BCUT2D eigenvalue weighted by molar-refractivity contribution is 6.31. The molecule has 0 aromatic heterocycles. The van der Waals surface area contributed by atoms with Gasteiger partial charge in [-0.15, -0.1) is 0 Å². The molecule has 0 aliphatic carbocycles. The van der Waals surface area contributed by atoms with Gasteiger partial charge in [-0.1, -0.05) is 29.8 Å². The molecule has 1 aromatic carbocycles. The molecule has 1 aliphatic rings. The smallest absolute Gasteiger partial charge is 0.313 e. The molecule has 92 valence electrons. The zero-order valence-corrected chi connectivity index (χ0v) is 10.0. The lowest BCUT2D eigenvalue weighted by atomic mass is 10.1. The van der Waals surface area contributed by atoms with Crippen molar-refractivity contribution in [2.75, 3.05) is 13.2 Å². The highest BCUT2D eigenvalue weighted by atomic mass is 35.5. The van der Waals surface area contributed by atoms with Crippen LogP contribution in [-0.4, -0.2) is 25.2 Å². The van der Waals surface area contributed by atoms with Gasteiger partial charge in [0, 0.05) is 16.6 Å². The summed E-state index contributed by atoms with van der Waals surface area (Å²) in [6.07, 6.45) is 0. The van der Waals surface area contributed by atoms with Crippen molar-refractivity contribution in [1.82, 2.24) is 0 Å². The van der Waals surface area contributed by atoms with Gasteiger partial charge in [0.2, 0.25) is 0 Å². The van der Waals surface area contributed by atoms with Crippen molar-refractivity contribution < 1.29 is 14.3 Å². The van der Waals surface area contributed by atoms with E-state index in [0.717, 1.165) is 5.56 Å². The normalized spacial score (nSPS) is 23.6. The summed E-state index contributed by atoms with van der Waals surface area (Å²) in [6.45, 7) is 0.913. The van der Waals surface area contributed by atoms with E-state index < -0.39 is 0 Å². The summed E-state index contributed by atoms with van der Waals surface area (Å²) in [7, 11) is 0. The zero-order chi connectivity index (χ0) is 12.3. The summed E-state index contributed by atoms with van der Waals surface area (Å²) in [5.74, 6) is -0.688. The van der Waals surface area contributed by atoms with Gasteiger partial charge in [-0.05, 0) is 6.07 Å². The average Bonchev–Trinajstić information content (AvgIpc) is 2.74. The molecular formula is C12H14ClNO3. The van der Waals surface area contributed by atoms with E-state index in [1.165, 1.54) is 0 Å². The first kappa shape index (κ1) is 12.4. The first-order valence-electron chi connectivity index (χ1n) is 5.42. The van der Waals surface area contributed by atoms with E-state index in [-0.39, 0.29) is 24.5 Å². The lowest BCUT2D eigenvalue weighted by Crippen LogP contribution is -2.35. The van der Waals surface area contributed by atoms with Crippen LogP contribution in [0.4, 0.5) is 0 Å². The van der Waals surface area contributed by atoms with E-state index >= 15 is 0 Å². The predicted molar refractivity (Wildman–Crippen MR) is 63.5 cm³/mol. The molecule has 2 rings (SSSR count). The van der Waals surface area contributed by atoms with Crippen molar-refractivity contribution in [3.63, 3.8) is 0 Å². The molecule has 5 heteroatoms. The second-order valence-corrected chi connectivity index (χ2v) is 4.41. The Balaban J connectivity index is 1.90. The number of rotatable bonds is 3. The number of halogens is 1. The predicted octanol–water partition coefficient (Wildman–Crippen LogP) is 1.36. The number of nitrogens with two attached hydrogens (primary N) is 1. The fourth-order valence-corrected chi connectivity index (χ4v) is 1.88. The number of ether oxygens (including phenoxy) is 2. The number of hydrogen-bond donors (Lipinski definition) is 1. The van der Waals surface area contributed by atoms with E-state index in [0.29, 0.717) is 18.2 Å². The van der Waals surface area contributed by atoms with E-state index in [2.05, 4.69) is 0 Å². The second-order valence-electron chi connectivity index (χ2n) is 4.01. The summed E-state index contributed by atoms with van der Waals surface area (Å²) in [4.78, 5) is 11.7. The summed E-state index contributed by atoms with van der Waals surface area (Å²) in [5, 5.41) is 0.590. The van der Waals surface area contributed by atoms with Gasteiger partial charge in [0.05, 0.1) is 19.1 Å². The Bertz CT molecular complexity index is 410. The number of carbonyl (C=O) groups is 1. The second kappa shape index (κ2) is 5.49. The molecule has 1 fully saturated rings. The minimum atomic E-state index is -0.363. The van der Waals surface area contributed by atoms with Crippen LogP contribution in [0.3, 0.4) is 0 Å². The summed E-state index contributed by atoms with van der Waals surface area (Å²) >= 11 is 5.96. The molecule has 1 aromatic rings. The Morgan fingerprint density at radius 3 is 2.88 bits per heavy atom. The minimum Gasteiger partial charge on any atom is -0.460 e. The molecule has 1 saturated heterocycles. The molecule has 1 heterocycles. The lowest BCUT2D eigenvalue weighted by molar-refractivity contribution is -0.150. The molecule has 0 saturated carbocycles. The third-order valence-corrected chi connectivity index (χ3v) is 3.12. The minimum absolute atomic E-state index is 0.168. The van der Waals surface area contributed by atoms with Crippen molar-refractivity contribution in [1.29, 1.82) is 0 Å². The average molecular weight is 256 g/mol. The quantitative estimate of drug-likeness (QED) is 0.829. The van der Waals surface area contributed by atoms with E-state index in [4.69, 9.17) is 26.8 Å². The summed E-state index contributed by atoms with van der Waals surface area (Å²) < 4.78 is 10.3. The fraction of sp³-hybridized carbons (Fsp3) is 0.417. The van der Waals surface area contributed by atoms with Gasteiger partial charge in [-0.25, -0.2) is 0 Å². The van der Waals surface area contributed by atoms with Crippen LogP contribution >= 0.6 is 11.6 Å². The standard InChI is InChI=1S/C12H14ClNO3/c13-10-4-2-1-3-8(10)5-17-12(15)9-6-16-7-11(9)14/h1-4,9,11H,5-7,14H2. The van der Waals surface area contributed by atoms with Crippen LogP contribution < -0.4 is 5.73 Å². The summed E-state index contributed by atoms with van der Waals surface area (Å²) in [6, 6.07) is 6.98. The molecule has 0 bridgehead atoms. The van der Waals surface area contributed by atoms with E-state index in [9.17, 15) is 4.79 Å². The molecule has 0 amide bonds. The molecule has 2 N–H and O–H groups in total.